The highest BCUT2D eigenvalue weighted by atomic mass is 19.1. The second-order valence-corrected chi connectivity index (χ2v) is 9.71. The number of pyridine rings is 1. The summed E-state index contributed by atoms with van der Waals surface area (Å²) >= 11 is 0. The molecule has 0 amide bonds. The van der Waals surface area contributed by atoms with Gasteiger partial charge in [0.15, 0.2) is 5.82 Å². The summed E-state index contributed by atoms with van der Waals surface area (Å²) in [6, 6.07) is 14.9. The van der Waals surface area contributed by atoms with E-state index in [0.717, 1.165) is 59.5 Å². The van der Waals surface area contributed by atoms with E-state index in [2.05, 4.69) is 33.2 Å². The molecule has 0 bridgehead atoms. The maximum absolute atomic E-state index is 13.9. The van der Waals surface area contributed by atoms with Crippen LogP contribution in [-0.4, -0.2) is 26.3 Å². The van der Waals surface area contributed by atoms with Gasteiger partial charge < -0.3 is 9.72 Å². The summed E-state index contributed by atoms with van der Waals surface area (Å²) in [5, 5.41) is 9.84. The zero-order valence-corrected chi connectivity index (χ0v) is 20.0. The molecule has 5 rings (SSSR count). The Morgan fingerprint density at radius 2 is 1.71 bits per heavy atom. The maximum Gasteiger partial charge on any atom is 0.161 e. The number of ether oxygens (including phenoxy) is 1. The number of nitrogens with zero attached hydrogens (tertiary/aromatic N) is 3. The Morgan fingerprint density at radius 3 is 2.44 bits per heavy atom. The number of fused-ring (bicyclic) bond motifs is 1. The van der Waals surface area contributed by atoms with Crippen molar-refractivity contribution in [2.75, 3.05) is 0 Å². The zero-order chi connectivity index (χ0) is 23.7. The third kappa shape index (κ3) is 4.67. The van der Waals surface area contributed by atoms with Crippen LogP contribution < -0.4 is 4.74 Å². The fraction of sp³-hybridized carbons (Fsp3) is 0.393. The fourth-order valence-corrected chi connectivity index (χ4v) is 5.22. The Labute approximate surface area is 199 Å². The van der Waals surface area contributed by atoms with Gasteiger partial charge in [-0.25, -0.2) is 4.39 Å². The van der Waals surface area contributed by atoms with Crippen molar-refractivity contribution in [2.24, 2.45) is 5.92 Å². The lowest BCUT2D eigenvalue weighted by Crippen LogP contribution is -2.19. The molecule has 1 saturated carbocycles. The number of nitrogens with one attached hydrogen (secondary N) is 1. The number of benzene rings is 2. The zero-order valence-electron chi connectivity index (χ0n) is 20.0. The third-order valence-corrected chi connectivity index (χ3v) is 7.09. The third-order valence-electron chi connectivity index (χ3n) is 7.09. The van der Waals surface area contributed by atoms with Gasteiger partial charge in [-0.15, -0.1) is 10.2 Å². The van der Waals surface area contributed by atoms with E-state index in [1.165, 1.54) is 11.6 Å². The lowest BCUT2D eigenvalue weighted by atomic mass is 9.73. The smallest absolute Gasteiger partial charge is 0.161 e. The average Bonchev–Trinajstić information content (AvgIpc) is 3.34. The van der Waals surface area contributed by atoms with Crippen molar-refractivity contribution in [3.63, 3.8) is 0 Å². The summed E-state index contributed by atoms with van der Waals surface area (Å²) in [7, 11) is 0. The molecule has 2 heterocycles. The molecule has 1 N–H and O–H groups in total. The minimum Gasteiger partial charge on any atom is -0.491 e. The quantitative estimate of drug-likeness (QED) is 0.337. The van der Waals surface area contributed by atoms with Crippen LogP contribution in [0.3, 0.4) is 0 Å². The first-order valence-electron chi connectivity index (χ1n) is 12.2. The molecule has 176 valence electrons. The number of rotatable bonds is 6. The summed E-state index contributed by atoms with van der Waals surface area (Å²) in [4.78, 5) is 7.86. The van der Waals surface area contributed by atoms with Crippen molar-refractivity contribution in [2.45, 2.75) is 64.4 Å². The van der Waals surface area contributed by atoms with Crippen LogP contribution in [0.25, 0.3) is 22.3 Å². The molecule has 5 nitrogen and oxygen atoms in total. The molecule has 1 fully saturated rings. The molecule has 2 aromatic heterocycles. The normalized spacial score (nSPS) is 19.4. The van der Waals surface area contributed by atoms with E-state index >= 15 is 0 Å². The molecule has 0 spiro atoms. The minimum absolute atomic E-state index is 0.150. The second kappa shape index (κ2) is 9.53. The van der Waals surface area contributed by atoms with Crippen LogP contribution in [0.15, 0.2) is 54.7 Å². The number of aromatic amines is 1. The highest BCUT2D eigenvalue weighted by Crippen LogP contribution is 2.42. The Kier molecular flexibility index (Phi) is 6.31. The van der Waals surface area contributed by atoms with Gasteiger partial charge >= 0.3 is 0 Å². The van der Waals surface area contributed by atoms with Crippen molar-refractivity contribution in [3.8, 4) is 17.1 Å². The lowest BCUT2D eigenvalue weighted by Gasteiger charge is -2.32. The number of hydrogen-bond donors (Lipinski definition) is 1. The van der Waals surface area contributed by atoms with Crippen LogP contribution >= 0.6 is 0 Å². The number of aromatic nitrogens is 4. The highest BCUT2D eigenvalue weighted by Gasteiger charge is 2.29. The van der Waals surface area contributed by atoms with Gasteiger partial charge in [-0.3, -0.25) is 4.98 Å². The van der Waals surface area contributed by atoms with Gasteiger partial charge in [0.05, 0.1) is 11.6 Å². The monoisotopic (exact) mass is 458 g/mol. The van der Waals surface area contributed by atoms with E-state index in [9.17, 15) is 4.39 Å². The number of halogens is 1. The Hall–Kier alpha value is -3.28. The molecule has 0 aliphatic heterocycles. The summed E-state index contributed by atoms with van der Waals surface area (Å²) in [6.45, 7) is 6.28. The highest BCUT2D eigenvalue weighted by molar-refractivity contribution is 5.82. The van der Waals surface area contributed by atoms with E-state index in [4.69, 9.17) is 4.74 Å². The molecular formula is C28H31FN4O. The summed E-state index contributed by atoms with van der Waals surface area (Å²) in [5.74, 6) is 3.67. The first-order valence-corrected chi connectivity index (χ1v) is 12.2. The van der Waals surface area contributed by atoms with Crippen molar-refractivity contribution in [3.05, 3.63) is 71.9 Å². The predicted molar refractivity (Wildman–Crippen MR) is 132 cm³/mol. The molecule has 0 saturated heterocycles. The first-order chi connectivity index (χ1) is 16.5. The van der Waals surface area contributed by atoms with Gasteiger partial charge in [0, 0.05) is 23.1 Å². The van der Waals surface area contributed by atoms with Crippen LogP contribution in [0.5, 0.6) is 5.75 Å². The Morgan fingerprint density at radius 1 is 0.941 bits per heavy atom. The van der Waals surface area contributed by atoms with Gasteiger partial charge in [-0.2, -0.15) is 0 Å². The molecule has 6 heteroatoms. The van der Waals surface area contributed by atoms with Gasteiger partial charge in [0.1, 0.15) is 17.4 Å². The summed E-state index contributed by atoms with van der Waals surface area (Å²) < 4.78 is 19.6. The van der Waals surface area contributed by atoms with E-state index in [-0.39, 0.29) is 11.9 Å². The van der Waals surface area contributed by atoms with E-state index in [0.29, 0.717) is 17.8 Å². The molecule has 4 aromatic rings. The predicted octanol–water partition coefficient (Wildman–Crippen LogP) is 7.02. The van der Waals surface area contributed by atoms with E-state index in [1.54, 1.807) is 12.1 Å². The molecule has 1 aliphatic rings. The van der Waals surface area contributed by atoms with Crippen molar-refractivity contribution in [1.82, 2.24) is 20.2 Å². The molecular weight excluding hydrogens is 427 g/mol. The molecule has 1 aliphatic carbocycles. The fourth-order valence-electron chi connectivity index (χ4n) is 5.22. The standard InChI is InChI=1S/C28H31FN4O/c1-17(2)34-23-11-8-21(9-12-23)28-31-27(32-33-28)18(3)19-4-6-20(7-5-19)24-14-15-30-26-13-10-22(29)16-25(24)26/h8-20H,4-7H2,1-3H3,(H,31,32,33)/t18?,19-,20+. The van der Waals surface area contributed by atoms with Crippen molar-refractivity contribution < 1.29 is 9.13 Å². The topological polar surface area (TPSA) is 63.7 Å². The second-order valence-electron chi connectivity index (χ2n) is 9.71. The van der Waals surface area contributed by atoms with Crippen molar-refractivity contribution >= 4 is 10.9 Å². The minimum atomic E-state index is -0.202. The molecule has 1 unspecified atom stereocenters. The first kappa shape index (κ1) is 22.5. The van der Waals surface area contributed by atoms with Gasteiger partial charge in [0.2, 0.25) is 0 Å². The maximum atomic E-state index is 13.9. The molecule has 0 radical (unpaired) electrons. The van der Waals surface area contributed by atoms with Crippen molar-refractivity contribution in [1.29, 1.82) is 0 Å². The molecule has 1 atom stereocenters. The van der Waals surface area contributed by atoms with Crippen LogP contribution in [0.2, 0.25) is 0 Å². The lowest BCUT2D eigenvalue weighted by molar-refractivity contribution is 0.242. The summed E-state index contributed by atoms with van der Waals surface area (Å²) in [6.07, 6.45) is 6.40. The van der Waals surface area contributed by atoms with Crippen LogP contribution in [0, 0.1) is 11.7 Å². The Bertz CT molecular complexity index is 1260. The van der Waals surface area contributed by atoms with E-state index < -0.39 is 0 Å². The number of hydrogen-bond acceptors (Lipinski definition) is 4. The van der Waals surface area contributed by atoms with E-state index in [1.807, 2.05) is 44.3 Å². The average molecular weight is 459 g/mol. The summed E-state index contributed by atoms with van der Waals surface area (Å²) in [5.41, 5.74) is 3.09. The van der Waals surface area contributed by atoms with Gasteiger partial charge in [-0.1, -0.05) is 6.92 Å². The number of H-pyrrole nitrogens is 1. The Balaban J connectivity index is 1.25. The van der Waals surface area contributed by atoms with Crippen LogP contribution in [0.1, 0.15) is 69.7 Å². The molecule has 34 heavy (non-hydrogen) atoms. The van der Waals surface area contributed by atoms with Gasteiger partial charge in [0.25, 0.3) is 0 Å². The molecule has 2 aromatic carbocycles. The van der Waals surface area contributed by atoms with Gasteiger partial charge in [-0.05, 0) is 105 Å². The largest absolute Gasteiger partial charge is 0.491 e. The van der Waals surface area contributed by atoms with Crippen LogP contribution in [-0.2, 0) is 0 Å². The SMILES string of the molecule is CC(C)Oc1ccc(-c2nnc(C(C)[C@H]3CC[C@@H](c4ccnc5ccc(F)cc54)CC3)[nH]2)cc1. The van der Waals surface area contributed by atoms with Crippen LogP contribution in [0.4, 0.5) is 4.39 Å².